The van der Waals surface area contributed by atoms with Crippen molar-refractivity contribution in [2.24, 2.45) is 0 Å². The minimum Gasteiger partial charge on any atom is -0.394 e. The molecule has 3 N–H and O–H groups in total. The summed E-state index contributed by atoms with van der Waals surface area (Å²) in [6, 6.07) is 6.89. The van der Waals surface area contributed by atoms with Crippen molar-refractivity contribution >= 4 is 17.0 Å². The van der Waals surface area contributed by atoms with Crippen LogP contribution >= 0.6 is 0 Å². The van der Waals surface area contributed by atoms with Gasteiger partial charge in [0.2, 0.25) is 0 Å². The van der Waals surface area contributed by atoms with Gasteiger partial charge in [-0.1, -0.05) is 43.0 Å². The fourth-order valence-corrected chi connectivity index (χ4v) is 5.27. The Kier molecular flexibility index (Phi) is 6.52. The summed E-state index contributed by atoms with van der Waals surface area (Å²) in [5.41, 5.74) is 4.90. The number of fused-ring (bicyclic) bond motifs is 1. The maximum Gasteiger partial charge on any atom is 0.167 e. The minimum atomic E-state index is -1.20. The number of imidazole rings is 1. The number of aryl methyl sites for hydroxylation is 2. The van der Waals surface area contributed by atoms with Crippen LogP contribution in [0.4, 0.5) is 5.82 Å². The first kappa shape index (κ1) is 23.2. The highest BCUT2D eigenvalue weighted by atomic mass is 16.6. The maximum absolute atomic E-state index is 10.5. The molecule has 1 aliphatic carbocycles. The first-order valence-corrected chi connectivity index (χ1v) is 12.1. The van der Waals surface area contributed by atoms with Gasteiger partial charge < -0.3 is 25.0 Å². The molecule has 2 fully saturated rings. The third-order valence-electron chi connectivity index (χ3n) is 7.26. The number of rotatable bonds is 6. The number of hydrogen-bond acceptors (Lipinski definition) is 8. The lowest BCUT2D eigenvalue weighted by atomic mass is 9.93. The average molecular weight is 468 g/mol. The van der Waals surface area contributed by atoms with Crippen molar-refractivity contribution in [1.82, 2.24) is 19.5 Å². The van der Waals surface area contributed by atoms with Crippen LogP contribution in [0.15, 0.2) is 30.9 Å². The molecule has 0 amide bonds. The van der Waals surface area contributed by atoms with Crippen LogP contribution in [0, 0.1) is 13.8 Å². The number of anilines is 1. The molecule has 0 spiro atoms. The molecule has 5 rings (SSSR count). The van der Waals surface area contributed by atoms with E-state index in [1.54, 1.807) is 10.9 Å². The number of aliphatic hydroxyl groups is 3. The Morgan fingerprint density at radius 1 is 1.06 bits per heavy atom. The molecule has 34 heavy (non-hydrogen) atoms. The SMILES string of the molecule is Cc1ccc(C)c(CN(c2ncnc3c2ncn3[C@@H]2O[C@H](CO)[C@@H](O)[C@H]2O)C2CCCCC2)c1. The molecule has 3 heterocycles. The number of benzene rings is 1. The first-order chi connectivity index (χ1) is 16.5. The third kappa shape index (κ3) is 4.17. The zero-order chi connectivity index (χ0) is 23.8. The normalized spacial score (nSPS) is 25.8. The lowest BCUT2D eigenvalue weighted by Crippen LogP contribution is -2.37. The molecule has 0 radical (unpaired) electrons. The quantitative estimate of drug-likeness (QED) is 0.506. The van der Waals surface area contributed by atoms with Crippen molar-refractivity contribution in [1.29, 1.82) is 0 Å². The van der Waals surface area contributed by atoms with Crippen molar-refractivity contribution in [3.05, 3.63) is 47.5 Å². The summed E-state index contributed by atoms with van der Waals surface area (Å²) in [5, 5.41) is 30.2. The molecular weight excluding hydrogens is 434 g/mol. The summed E-state index contributed by atoms with van der Waals surface area (Å²) < 4.78 is 7.35. The van der Waals surface area contributed by atoms with Gasteiger partial charge >= 0.3 is 0 Å². The van der Waals surface area contributed by atoms with E-state index in [4.69, 9.17) is 4.74 Å². The van der Waals surface area contributed by atoms with Crippen LogP contribution in [0.2, 0.25) is 0 Å². The van der Waals surface area contributed by atoms with Crippen molar-refractivity contribution in [2.45, 2.75) is 83.1 Å². The standard InChI is InChI=1S/C25H33N5O4/c1-15-8-9-16(2)17(10-15)11-29(18-6-4-3-5-7-18)23-20-24(27-13-26-23)30(14-28-20)25-22(33)21(32)19(12-31)34-25/h8-10,13-14,18-19,21-22,25,31-33H,3-7,11-12H2,1-2H3/t19-,21-,22-,25-/m1/s1. The molecule has 4 atom stereocenters. The number of ether oxygens (including phenoxy) is 1. The van der Waals surface area contributed by atoms with Crippen molar-refractivity contribution in [2.75, 3.05) is 11.5 Å². The lowest BCUT2D eigenvalue weighted by Gasteiger charge is -2.35. The van der Waals surface area contributed by atoms with Crippen LogP contribution < -0.4 is 4.90 Å². The second-order valence-electron chi connectivity index (χ2n) is 9.60. The number of aromatic nitrogens is 4. The van der Waals surface area contributed by atoms with E-state index in [-0.39, 0.29) is 6.61 Å². The van der Waals surface area contributed by atoms with Gasteiger partial charge in [-0.25, -0.2) is 15.0 Å². The summed E-state index contributed by atoms with van der Waals surface area (Å²) in [7, 11) is 0. The first-order valence-electron chi connectivity index (χ1n) is 12.1. The number of aliphatic hydroxyl groups excluding tert-OH is 3. The summed E-state index contributed by atoms with van der Waals surface area (Å²) >= 11 is 0. The molecule has 3 aromatic rings. The molecule has 1 aliphatic heterocycles. The Morgan fingerprint density at radius 2 is 1.85 bits per heavy atom. The maximum atomic E-state index is 10.5. The average Bonchev–Trinajstić information content (AvgIpc) is 3.41. The molecule has 9 heteroatoms. The van der Waals surface area contributed by atoms with E-state index in [2.05, 4.69) is 51.9 Å². The zero-order valence-corrected chi connectivity index (χ0v) is 19.7. The largest absolute Gasteiger partial charge is 0.394 e. The van der Waals surface area contributed by atoms with Gasteiger partial charge in [-0.3, -0.25) is 4.57 Å². The van der Waals surface area contributed by atoms with Gasteiger partial charge in [0.1, 0.15) is 24.6 Å². The van der Waals surface area contributed by atoms with Gasteiger partial charge in [0.25, 0.3) is 0 Å². The molecule has 1 saturated heterocycles. The summed E-state index contributed by atoms with van der Waals surface area (Å²) in [6.45, 7) is 4.59. The van der Waals surface area contributed by atoms with Crippen LogP contribution in [-0.2, 0) is 11.3 Å². The Hall–Kier alpha value is -2.59. The Morgan fingerprint density at radius 3 is 2.59 bits per heavy atom. The van der Waals surface area contributed by atoms with E-state index in [9.17, 15) is 15.3 Å². The molecule has 1 aromatic carbocycles. The van der Waals surface area contributed by atoms with Crippen molar-refractivity contribution in [3.63, 3.8) is 0 Å². The molecular formula is C25H33N5O4. The fraction of sp³-hybridized carbons (Fsp3) is 0.560. The zero-order valence-electron chi connectivity index (χ0n) is 19.7. The summed E-state index contributed by atoms with van der Waals surface area (Å²) in [5.74, 6) is 0.767. The van der Waals surface area contributed by atoms with E-state index in [1.165, 1.54) is 42.3 Å². The highest BCUT2D eigenvalue weighted by molar-refractivity contribution is 5.83. The van der Waals surface area contributed by atoms with Crippen molar-refractivity contribution in [3.8, 4) is 0 Å². The third-order valence-corrected chi connectivity index (χ3v) is 7.26. The van der Waals surface area contributed by atoms with E-state index in [1.807, 2.05) is 0 Å². The van der Waals surface area contributed by atoms with Crippen LogP contribution in [0.25, 0.3) is 11.2 Å². The van der Waals surface area contributed by atoms with Crippen LogP contribution in [0.3, 0.4) is 0 Å². The minimum absolute atomic E-state index is 0.353. The van der Waals surface area contributed by atoms with Gasteiger partial charge in [0.15, 0.2) is 23.2 Å². The summed E-state index contributed by atoms with van der Waals surface area (Å²) in [6.07, 6.45) is 4.82. The molecule has 2 aromatic heterocycles. The van der Waals surface area contributed by atoms with Crippen LogP contribution in [0.1, 0.15) is 55.0 Å². The molecule has 0 unspecified atom stereocenters. The van der Waals surface area contributed by atoms with Gasteiger partial charge in [-0.2, -0.15) is 0 Å². The van der Waals surface area contributed by atoms with Crippen LogP contribution in [0.5, 0.6) is 0 Å². The van der Waals surface area contributed by atoms with Crippen molar-refractivity contribution < 1.29 is 20.1 Å². The Balaban J connectivity index is 1.55. The molecule has 0 bridgehead atoms. The Bertz CT molecular complexity index is 1150. The van der Waals surface area contributed by atoms with Gasteiger partial charge in [-0.15, -0.1) is 0 Å². The number of nitrogens with zero attached hydrogens (tertiary/aromatic N) is 5. The van der Waals surface area contributed by atoms with E-state index in [0.717, 1.165) is 25.2 Å². The van der Waals surface area contributed by atoms with Crippen LogP contribution in [-0.4, -0.2) is 65.8 Å². The van der Waals surface area contributed by atoms with Gasteiger partial charge in [0.05, 0.1) is 12.9 Å². The second-order valence-corrected chi connectivity index (χ2v) is 9.60. The monoisotopic (exact) mass is 467 g/mol. The second kappa shape index (κ2) is 9.58. The lowest BCUT2D eigenvalue weighted by molar-refractivity contribution is -0.0511. The number of hydrogen-bond donors (Lipinski definition) is 3. The predicted molar refractivity (Wildman–Crippen MR) is 127 cm³/mol. The molecule has 182 valence electrons. The Labute approximate surface area is 199 Å². The van der Waals surface area contributed by atoms with Gasteiger partial charge in [-0.05, 0) is 37.8 Å². The highest BCUT2D eigenvalue weighted by Gasteiger charge is 2.44. The predicted octanol–water partition coefficient (Wildman–Crippen LogP) is 2.39. The molecule has 2 aliphatic rings. The highest BCUT2D eigenvalue weighted by Crippen LogP contribution is 2.35. The van der Waals surface area contributed by atoms with Gasteiger partial charge in [0, 0.05) is 12.6 Å². The van der Waals surface area contributed by atoms with E-state index in [0.29, 0.717) is 17.2 Å². The molecule has 9 nitrogen and oxygen atoms in total. The fourth-order valence-electron chi connectivity index (χ4n) is 5.27. The summed E-state index contributed by atoms with van der Waals surface area (Å²) in [4.78, 5) is 16.1. The topological polar surface area (TPSA) is 117 Å². The smallest absolute Gasteiger partial charge is 0.167 e. The van der Waals surface area contributed by atoms with E-state index < -0.39 is 24.5 Å². The van der Waals surface area contributed by atoms with E-state index >= 15 is 0 Å². The molecule has 1 saturated carbocycles.